The van der Waals surface area contributed by atoms with Gasteiger partial charge in [0.15, 0.2) is 0 Å². The Morgan fingerprint density at radius 2 is 2.05 bits per heavy atom. The van der Waals surface area contributed by atoms with Gasteiger partial charge in [-0.05, 0) is 24.1 Å². The van der Waals surface area contributed by atoms with Crippen molar-refractivity contribution >= 4 is 17.5 Å². The van der Waals surface area contributed by atoms with Gasteiger partial charge in [-0.25, -0.2) is 4.98 Å². The van der Waals surface area contributed by atoms with Crippen molar-refractivity contribution < 1.29 is 4.79 Å². The molecule has 1 unspecified atom stereocenters. The highest BCUT2D eigenvalue weighted by atomic mass is 35.5. The van der Waals surface area contributed by atoms with Crippen LogP contribution in [0, 0.1) is 0 Å². The summed E-state index contributed by atoms with van der Waals surface area (Å²) in [5, 5.41) is 10.3. The molecule has 2 N–H and O–H groups in total. The van der Waals surface area contributed by atoms with Crippen LogP contribution < -0.4 is 5.32 Å². The van der Waals surface area contributed by atoms with E-state index in [4.69, 9.17) is 11.6 Å². The zero-order valence-corrected chi connectivity index (χ0v) is 12.2. The number of nitrogens with zero attached hydrogens (tertiary/aromatic N) is 2. The normalized spacial score (nSPS) is 12.2. The minimum atomic E-state index is -0.275. The molecular formula is C14H17ClN4O. The minimum Gasteiger partial charge on any atom is -0.342 e. The van der Waals surface area contributed by atoms with Crippen molar-refractivity contribution in [2.45, 2.75) is 32.7 Å². The summed E-state index contributed by atoms with van der Waals surface area (Å²) in [7, 11) is 0. The maximum atomic E-state index is 12.1. The number of aromatic nitrogens is 3. The van der Waals surface area contributed by atoms with Crippen molar-refractivity contribution in [2.75, 3.05) is 0 Å². The summed E-state index contributed by atoms with van der Waals surface area (Å²) in [6, 6.07) is 7.36. The number of H-pyrrole nitrogens is 1. The summed E-state index contributed by atoms with van der Waals surface area (Å²) in [5.41, 5.74) is 1.01. The second-order valence-electron chi connectivity index (χ2n) is 4.45. The molecule has 0 aliphatic rings. The number of benzene rings is 1. The van der Waals surface area contributed by atoms with Gasteiger partial charge in [0.25, 0.3) is 5.91 Å². The van der Waals surface area contributed by atoms with Crippen molar-refractivity contribution in [3.63, 3.8) is 0 Å². The first-order valence-corrected chi connectivity index (χ1v) is 6.99. The summed E-state index contributed by atoms with van der Waals surface area (Å²) in [6.07, 6.45) is 1.49. The zero-order valence-electron chi connectivity index (χ0n) is 11.5. The summed E-state index contributed by atoms with van der Waals surface area (Å²) >= 11 is 5.87. The number of rotatable bonds is 5. The van der Waals surface area contributed by atoms with E-state index in [9.17, 15) is 4.79 Å². The SMILES string of the molecule is CCc1nc(C(=O)NC(CC)c2ccc(Cl)cc2)n[nH]1. The fourth-order valence-electron chi connectivity index (χ4n) is 1.89. The summed E-state index contributed by atoms with van der Waals surface area (Å²) in [6.45, 7) is 3.96. The van der Waals surface area contributed by atoms with Crippen LogP contribution in [0.1, 0.15) is 48.3 Å². The molecule has 0 bridgehead atoms. The van der Waals surface area contributed by atoms with Crippen LogP contribution in [0.3, 0.4) is 0 Å². The molecule has 1 heterocycles. The van der Waals surface area contributed by atoms with Crippen LogP contribution in [0.15, 0.2) is 24.3 Å². The van der Waals surface area contributed by atoms with Crippen LogP contribution in [-0.2, 0) is 6.42 Å². The predicted octanol–water partition coefficient (Wildman–Crippen LogP) is 2.90. The molecule has 6 heteroatoms. The Bertz CT molecular complexity index is 579. The number of nitrogens with one attached hydrogen (secondary N) is 2. The van der Waals surface area contributed by atoms with Gasteiger partial charge in [0.2, 0.25) is 5.82 Å². The van der Waals surface area contributed by atoms with Crippen LogP contribution in [0.5, 0.6) is 0 Å². The van der Waals surface area contributed by atoms with Crippen LogP contribution in [0.2, 0.25) is 5.02 Å². The molecule has 2 rings (SSSR count). The molecule has 0 fully saturated rings. The molecule has 1 aromatic carbocycles. The fourth-order valence-corrected chi connectivity index (χ4v) is 2.02. The smallest absolute Gasteiger partial charge is 0.291 e. The highest BCUT2D eigenvalue weighted by Gasteiger charge is 2.17. The van der Waals surface area contributed by atoms with Gasteiger partial charge in [-0.2, -0.15) is 0 Å². The van der Waals surface area contributed by atoms with Gasteiger partial charge in [0, 0.05) is 11.4 Å². The Morgan fingerprint density at radius 1 is 1.35 bits per heavy atom. The van der Waals surface area contributed by atoms with Gasteiger partial charge in [-0.1, -0.05) is 37.6 Å². The molecule has 20 heavy (non-hydrogen) atoms. The standard InChI is InChI=1S/C14H17ClN4O/c1-3-11(9-5-7-10(15)8-6-9)16-14(20)13-17-12(4-2)18-19-13/h5-8,11H,3-4H2,1-2H3,(H,16,20)(H,17,18,19). The topological polar surface area (TPSA) is 70.7 Å². The van der Waals surface area contributed by atoms with Gasteiger partial charge in [0.1, 0.15) is 5.82 Å². The molecule has 0 spiro atoms. The lowest BCUT2D eigenvalue weighted by Crippen LogP contribution is -2.29. The number of carbonyl (C=O) groups excluding carboxylic acids is 1. The molecule has 0 aliphatic carbocycles. The Kier molecular flexibility index (Phi) is 4.74. The monoisotopic (exact) mass is 292 g/mol. The lowest BCUT2D eigenvalue weighted by atomic mass is 10.0. The van der Waals surface area contributed by atoms with E-state index >= 15 is 0 Å². The number of hydrogen-bond acceptors (Lipinski definition) is 3. The largest absolute Gasteiger partial charge is 0.342 e. The second-order valence-corrected chi connectivity index (χ2v) is 4.88. The molecule has 0 aliphatic heterocycles. The van der Waals surface area contributed by atoms with E-state index in [0.29, 0.717) is 17.3 Å². The Hall–Kier alpha value is -1.88. The Labute approximate surface area is 122 Å². The molecule has 0 radical (unpaired) electrons. The predicted molar refractivity (Wildman–Crippen MR) is 77.7 cm³/mol. The van der Waals surface area contributed by atoms with Crippen molar-refractivity contribution in [1.29, 1.82) is 0 Å². The van der Waals surface area contributed by atoms with Gasteiger partial charge in [-0.15, -0.1) is 5.10 Å². The summed E-state index contributed by atoms with van der Waals surface area (Å²) < 4.78 is 0. The highest BCUT2D eigenvalue weighted by molar-refractivity contribution is 6.30. The van der Waals surface area contributed by atoms with E-state index in [0.717, 1.165) is 12.0 Å². The number of aromatic amines is 1. The molecule has 1 aromatic heterocycles. The maximum Gasteiger partial charge on any atom is 0.291 e. The first-order valence-electron chi connectivity index (χ1n) is 6.61. The number of aryl methyl sites for hydroxylation is 1. The maximum absolute atomic E-state index is 12.1. The summed E-state index contributed by atoms with van der Waals surface area (Å²) in [4.78, 5) is 16.2. The first-order chi connectivity index (χ1) is 9.63. The quantitative estimate of drug-likeness (QED) is 0.890. The van der Waals surface area contributed by atoms with Gasteiger partial charge >= 0.3 is 0 Å². The lowest BCUT2D eigenvalue weighted by molar-refractivity contribution is 0.0925. The fraction of sp³-hybridized carbons (Fsp3) is 0.357. The van der Waals surface area contributed by atoms with E-state index in [1.165, 1.54) is 0 Å². The Balaban J connectivity index is 2.09. The van der Waals surface area contributed by atoms with Crippen LogP contribution in [0.25, 0.3) is 0 Å². The molecule has 0 saturated carbocycles. The molecular weight excluding hydrogens is 276 g/mol. The van der Waals surface area contributed by atoms with Gasteiger partial charge in [0.05, 0.1) is 6.04 Å². The molecule has 1 atom stereocenters. The third-order valence-electron chi connectivity index (χ3n) is 3.06. The van der Waals surface area contributed by atoms with Crippen LogP contribution in [-0.4, -0.2) is 21.1 Å². The molecule has 0 saturated heterocycles. The van der Waals surface area contributed by atoms with E-state index < -0.39 is 0 Å². The van der Waals surface area contributed by atoms with Crippen molar-refractivity contribution in [2.24, 2.45) is 0 Å². The molecule has 2 aromatic rings. The Morgan fingerprint density at radius 3 is 2.60 bits per heavy atom. The van der Waals surface area contributed by atoms with Gasteiger partial charge < -0.3 is 5.32 Å². The average Bonchev–Trinajstić information content (AvgIpc) is 2.94. The zero-order chi connectivity index (χ0) is 14.5. The van der Waals surface area contributed by atoms with Gasteiger partial charge in [-0.3, -0.25) is 9.89 Å². The molecule has 5 nitrogen and oxygen atoms in total. The molecule has 106 valence electrons. The number of hydrogen-bond donors (Lipinski definition) is 2. The number of carbonyl (C=O) groups is 1. The van der Waals surface area contributed by atoms with E-state index in [1.807, 2.05) is 38.1 Å². The van der Waals surface area contributed by atoms with E-state index in [1.54, 1.807) is 0 Å². The van der Waals surface area contributed by atoms with Crippen LogP contribution >= 0.6 is 11.6 Å². The second kappa shape index (κ2) is 6.52. The lowest BCUT2D eigenvalue weighted by Gasteiger charge is -2.16. The van der Waals surface area contributed by atoms with Crippen LogP contribution in [0.4, 0.5) is 0 Å². The average molecular weight is 293 g/mol. The van der Waals surface area contributed by atoms with Crippen molar-refractivity contribution in [1.82, 2.24) is 20.5 Å². The highest BCUT2D eigenvalue weighted by Crippen LogP contribution is 2.19. The van der Waals surface area contributed by atoms with Crippen molar-refractivity contribution in [3.05, 3.63) is 46.5 Å². The summed E-state index contributed by atoms with van der Waals surface area (Å²) in [5.74, 6) is 0.603. The van der Waals surface area contributed by atoms with E-state index in [2.05, 4.69) is 20.5 Å². The van der Waals surface area contributed by atoms with E-state index in [-0.39, 0.29) is 17.8 Å². The minimum absolute atomic E-state index is 0.0802. The van der Waals surface area contributed by atoms with Crippen molar-refractivity contribution in [3.8, 4) is 0 Å². The first kappa shape index (κ1) is 14.5. The molecule has 1 amide bonds. The number of amides is 1. The third kappa shape index (κ3) is 3.36. The number of halogens is 1. The third-order valence-corrected chi connectivity index (χ3v) is 3.31.